The highest BCUT2D eigenvalue weighted by molar-refractivity contribution is 5.50. The van der Waals surface area contributed by atoms with E-state index in [2.05, 4.69) is 45.6 Å². The summed E-state index contributed by atoms with van der Waals surface area (Å²) in [5.74, 6) is -0.231. The van der Waals surface area contributed by atoms with Crippen LogP contribution in [0.25, 0.3) is 0 Å². The molecule has 1 fully saturated rings. The van der Waals surface area contributed by atoms with E-state index in [1.165, 1.54) is 24.3 Å². The Balaban J connectivity index is 1.53. The number of likely N-dealkylation sites (N-methyl/N-ethyl adjacent to an activating group) is 2. The minimum Gasteiger partial charge on any atom is -0.370 e. The highest BCUT2D eigenvalue weighted by atomic mass is 19.1. The zero-order chi connectivity index (χ0) is 28.8. The number of hydrogen-bond acceptors (Lipinski definition) is 5. The average Bonchev–Trinajstić information content (AvgIpc) is 3.09. The third-order valence-corrected chi connectivity index (χ3v) is 7.80. The number of hydrogen-bond donors (Lipinski definition) is 0. The van der Waals surface area contributed by atoms with Crippen molar-refractivity contribution in [2.45, 2.75) is 32.4 Å². The van der Waals surface area contributed by atoms with Gasteiger partial charge in [0.2, 0.25) is 5.43 Å². The van der Waals surface area contributed by atoms with Crippen molar-refractivity contribution < 1.29 is 8.78 Å². The van der Waals surface area contributed by atoms with E-state index in [4.69, 9.17) is 0 Å². The van der Waals surface area contributed by atoms with E-state index in [0.717, 1.165) is 67.2 Å². The van der Waals surface area contributed by atoms with Gasteiger partial charge in [-0.1, -0.05) is 50.2 Å². The molecular weight excluding hydrogens is 506 g/mol. The van der Waals surface area contributed by atoms with E-state index in [-0.39, 0.29) is 23.1 Å². The first kappa shape index (κ1) is 29.8. The normalized spacial score (nSPS) is 14.8. The van der Waals surface area contributed by atoms with Gasteiger partial charge in [-0.15, -0.1) is 0 Å². The van der Waals surface area contributed by atoms with Crippen molar-refractivity contribution in [2.24, 2.45) is 0 Å². The van der Waals surface area contributed by atoms with Crippen LogP contribution in [-0.2, 0) is 6.54 Å². The Kier molecular flexibility index (Phi) is 10.1. The van der Waals surface area contributed by atoms with Crippen LogP contribution in [0.2, 0.25) is 0 Å². The van der Waals surface area contributed by atoms with E-state index in [1.807, 2.05) is 51.5 Å². The molecule has 0 N–H and O–H groups in total. The fourth-order valence-electron chi connectivity index (χ4n) is 5.27. The SMILES string of the molecule is CC(C)c1ccc(CN2CCN(C(c3ccc(F)cc3)c3ccc(F)cc3)CC2)c(=O)c(N(C)CCN(C)C)c1. The third kappa shape index (κ3) is 7.53. The van der Waals surface area contributed by atoms with Gasteiger partial charge in [-0.3, -0.25) is 14.6 Å². The van der Waals surface area contributed by atoms with Crippen LogP contribution in [0.15, 0.2) is 71.5 Å². The molecule has 0 bridgehead atoms. The molecule has 0 amide bonds. The second-order valence-corrected chi connectivity index (χ2v) is 11.4. The second kappa shape index (κ2) is 13.5. The summed E-state index contributed by atoms with van der Waals surface area (Å²) in [5.41, 5.74) is 4.75. The van der Waals surface area contributed by atoms with Gasteiger partial charge in [-0.25, -0.2) is 8.78 Å². The van der Waals surface area contributed by atoms with Gasteiger partial charge in [-0.05, 0) is 67.0 Å². The maximum Gasteiger partial charge on any atom is 0.206 e. The predicted molar refractivity (Wildman–Crippen MR) is 160 cm³/mol. The Morgan fingerprint density at radius 2 is 1.27 bits per heavy atom. The summed E-state index contributed by atoms with van der Waals surface area (Å²) in [7, 11) is 6.08. The molecule has 1 heterocycles. The first-order chi connectivity index (χ1) is 19.1. The van der Waals surface area contributed by atoms with Crippen molar-refractivity contribution in [3.63, 3.8) is 0 Å². The predicted octanol–water partition coefficient (Wildman–Crippen LogP) is 5.35. The lowest BCUT2D eigenvalue weighted by Gasteiger charge is -2.39. The van der Waals surface area contributed by atoms with Gasteiger partial charge in [-0.2, -0.15) is 0 Å². The second-order valence-electron chi connectivity index (χ2n) is 11.4. The largest absolute Gasteiger partial charge is 0.370 e. The van der Waals surface area contributed by atoms with Gasteiger partial charge in [0, 0.05) is 58.4 Å². The monoisotopic (exact) mass is 548 g/mol. The van der Waals surface area contributed by atoms with E-state index in [0.29, 0.717) is 12.5 Å². The molecule has 1 aliphatic rings. The topological polar surface area (TPSA) is 30.0 Å². The van der Waals surface area contributed by atoms with Crippen molar-refractivity contribution in [2.75, 3.05) is 65.3 Å². The van der Waals surface area contributed by atoms with Crippen molar-refractivity contribution >= 4 is 5.69 Å². The Hall–Kier alpha value is -3.13. The smallest absolute Gasteiger partial charge is 0.206 e. The maximum atomic E-state index is 13.7. The molecule has 4 rings (SSSR count). The van der Waals surface area contributed by atoms with Gasteiger partial charge in [0.1, 0.15) is 11.6 Å². The van der Waals surface area contributed by atoms with Crippen molar-refractivity contribution in [1.29, 1.82) is 0 Å². The Bertz CT molecular complexity index is 1260. The minimum absolute atomic E-state index is 0.0890. The first-order valence-electron chi connectivity index (χ1n) is 14.1. The standard InChI is InChI=1S/C33H42F2N4O/c1-24(2)27-6-7-28(33(40)31(22-27)37(5)17-16-36(3)4)23-38-18-20-39(21-19-38)32(25-8-12-29(34)13-9-25)26-10-14-30(35)15-11-26/h6-15,22,24,32H,16-21,23H2,1-5H3. The van der Waals surface area contributed by atoms with Crippen LogP contribution in [0.4, 0.5) is 14.5 Å². The number of rotatable bonds is 10. The summed E-state index contributed by atoms with van der Waals surface area (Å²) in [6.07, 6.45) is 0. The van der Waals surface area contributed by atoms with E-state index in [1.54, 1.807) is 0 Å². The molecule has 3 aromatic carbocycles. The molecular formula is C33H42F2N4O. The van der Waals surface area contributed by atoms with Crippen LogP contribution in [0.5, 0.6) is 0 Å². The quantitative estimate of drug-likeness (QED) is 0.341. The average molecular weight is 549 g/mol. The molecule has 0 spiro atoms. The Morgan fingerprint density at radius 1 is 0.750 bits per heavy atom. The molecule has 3 aromatic rings. The zero-order valence-corrected chi connectivity index (χ0v) is 24.4. The van der Waals surface area contributed by atoms with Gasteiger partial charge in [0.05, 0.1) is 11.7 Å². The molecule has 1 saturated heterocycles. The lowest BCUT2D eigenvalue weighted by atomic mass is 9.96. The summed E-state index contributed by atoms with van der Waals surface area (Å²) in [6.45, 7) is 9.67. The molecule has 0 aromatic heterocycles. The molecule has 0 unspecified atom stereocenters. The van der Waals surface area contributed by atoms with Crippen molar-refractivity contribution in [3.8, 4) is 0 Å². The van der Waals surface area contributed by atoms with Crippen LogP contribution in [0.1, 0.15) is 48.1 Å². The molecule has 214 valence electrons. The zero-order valence-electron chi connectivity index (χ0n) is 24.4. The Morgan fingerprint density at radius 3 is 1.77 bits per heavy atom. The summed E-state index contributed by atoms with van der Waals surface area (Å²) >= 11 is 0. The van der Waals surface area contributed by atoms with Crippen LogP contribution in [-0.4, -0.2) is 75.1 Å². The summed E-state index contributed by atoms with van der Waals surface area (Å²) < 4.78 is 27.4. The summed E-state index contributed by atoms with van der Waals surface area (Å²) in [5, 5.41) is 0. The first-order valence-corrected chi connectivity index (χ1v) is 14.1. The highest BCUT2D eigenvalue weighted by Crippen LogP contribution is 2.30. The number of halogens is 2. The fraction of sp³-hybridized carbons (Fsp3) is 0.424. The van der Waals surface area contributed by atoms with Crippen LogP contribution in [0, 0.1) is 11.6 Å². The molecule has 40 heavy (non-hydrogen) atoms. The molecule has 5 nitrogen and oxygen atoms in total. The highest BCUT2D eigenvalue weighted by Gasteiger charge is 2.27. The summed E-state index contributed by atoms with van der Waals surface area (Å²) in [6, 6.07) is 19.2. The molecule has 0 aliphatic carbocycles. The van der Waals surface area contributed by atoms with Gasteiger partial charge < -0.3 is 9.80 Å². The number of nitrogens with zero attached hydrogens (tertiary/aromatic N) is 4. The number of benzene rings is 2. The van der Waals surface area contributed by atoms with Gasteiger partial charge in [0.25, 0.3) is 0 Å². The molecule has 1 aliphatic heterocycles. The van der Waals surface area contributed by atoms with E-state index in [9.17, 15) is 13.6 Å². The van der Waals surface area contributed by atoms with Crippen molar-refractivity contribution in [1.82, 2.24) is 14.7 Å². The summed E-state index contributed by atoms with van der Waals surface area (Å²) in [4.78, 5) is 22.6. The van der Waals surface area contributed by atoms with Gasteiger partial charge in [0.15, 0.2) is 0 Å². The Labute approximate surface area is 237 Å². The van der Waals surface area contributed by atoms with Crippen molar-refractivity contribution in [3.05, 3.63) is 111 Å². The van der Waals surface area contributed by atoms with E-state index >= 15 is 0 Å². The molecule has 0 atom stereocenters. The number of anilines is 1. The van der Waals surface area contributed by atoms with Crippen LogP contribution >= 0.6 is 0 Å². The van der Waals surface area contributed by atoms with Gasteiger partial charge >= 0.3 is 0 Å². The van der Waals surface area contributed by atoms with Crippen LogP contribution in [0.3, 0.4) is 0 Å². The molecule has 0 saturated carbocycles. The lowest BCUT2D eigenvalue weighted by molar-refractivity contribution is 0.104. The minimum atomic E-state index is -0.275. The maximum absolute atomic E-state index is 13.7. The van der Waals surface area contributed by atoms with Crippen LogP contribution < -0.4 is 10.3 Å². The van der Waals surface area contributed by atoms with E-state index < -0.39 is 0 Å². The number of piperazine rings is 1. The third-order valence-electron chi connectivity index (χ3n) is 7.80. The fourth-order valence-corrected chi connectivity index (χ4v) is 5.27. The molecule has 0 radical (unpaired) electrons. The molecule has 7 heteroatoms. The lowest BCUT2D eigenvalue weighted by Crippen LogP contribution is -2.47.